The number of carbonyl (C=O) groups excluding carboxylic acids is 10. The van der Waals surface area contributed by atoms with Crippen LogP contribution in [0.25, 0.3) is 32.3 Å². The number of carbonyl (C=O) groups is 10. The van der Waals surface area contributed by atoms with Gasteiger partial charge in [-0.15, -0.1) is 0 Å². The smallest absolute Gasteiger partial charge is 0.497 e. The van der Waals surface area contributed by atoms with Gasteiger partial charge in [-0.3, -0.25) is 19.2 Å². The SMILES string of the molecule is CC(=O)Oc1ccc(OC(C)=O)cc1.CNC(=O)c1ccc(C(=O)NC)cc1.COC(=O)Oc1ccc(OC(=O)OC)cc1.COC(=O)c1ccc(C(=O)OC)c2ccccc12.COC(=O)c1ccc(C(=O)OC)cc1.COc1ccc(OC)c2ccccc12.COc1ccc(OC)cc1.Cc1ccc(C)c2ccccc12.Cc1ccc(C)cc1. The second-order valence-electron chi connectivity index (χ2n) is 24.5. The fourth-order valence-corrected chi connectivity index (χ4v) is 10.2. The van der Waals surface area contributed by atoms with Gasteiger partial charge in [0, 0.05) is 49.8 Å². The van der Waals surface area contributed by atoms with Gasteiger partial charge in [-0.1, -0.05) is 120 Å². The Morgan fingerprint density at radius 1 is 0.242 bits per heavy atom. The van der Waals surface area contributed by atoms with Crippen molar-refractivity contribution >= 4 is 92.3 Å². The molecule has 2 amide bonds. The van der Waals surface area contributed by atoms with E-state index in [0.29, 0.717) is 55.7 Å². The third-order valence-corrected chi connectivity index (χ3v) is 16.4. The summed E-state index contributed by atoms with van der Waals surface area (Å²) >= 11 is 0. The molecule has 628 valence electrons. The van der Waals surface area contributed by atoms with Gasteiger partial charge in [0.15, 0.2) is 0 Å². The Balaban J connectivity index is 0.000000285. The van der Waals surface area contributed by atoms with Gasteiger partial charge in [-0.05, 0) is 206 Å². The molecule has 0 aliphatic rings. The van der Waals surface area contributed by atoms with Gasteiger partial charge < -0.3 is 76.9 Å². The van der Waals surface area contributed by atoms with Crippen LogP contribution in [0.3, 0.4) is 0 Å². The summed E-state index contributed by atoms with van der Waals surface area (Å²) in [5.74, 6) is 2.06. The maximum Gasteiger partial charge on any atom is 0.513 e. The lowest BCUT2D eigenvalue weighted by Gasteiger charge is -2.08. The number of hydrogen-bond donors (Lipinski definition) is 2. The summed E-state index contributed by atoms with van der Waals surface area (Å²) in [7, 11) is 17.4. The first kappa shape index (κ1) is 97.3. The summed E-state index contributed by atoms with van der Waals surface area (Å²) in [4.78, 5) is 110. The molecule has 2 N–H and O–H groups in total. The van der Waals surface area contributed by atoms with Crippen molar-refractivity contribution in [1.82, 2.24) is 10.6 Å². The summed E-state index contributed by atoms with van der Waals surface area (Å²) < 4.78 is 66.5. The van der Waals surface area contributed by atoms with Crippen molar-refractivity contribution in [2.45, 2.75) is 41.5 Å². The van der Waals surface area contributed by atoms with E-state index in [-0.39, 0.29) is 35.3 Å². The molecule has 26 heteroatoms. The first-order valence-electron chi connectivity index (χ1n) is 36.4. The number of fused-ring (bicyclic) bond motifs is 3. The van der Waals surface area contributed by atoms with Crippen LogP contribution in [-0.2, 0) is 38.0 Å². The lowest BCUT2D eigenvalue weighted by atomic mass is 9.99. The van der Waals surface area contributed by atoms with Crippen molar-refractivity contribution < 1.29 is 114 Å². The summed E-state index contributed by atoms with van der Waals surface area (Å²) in [5.41, 5.74) is 8.13. The normalized spacial score (nSPS) is 9.58. The van der Waals surface area contributed by atoms with Crippen molar-refractivity contribution in [2.24, 2.45) is 0 Å². The minimum Gasteiger partial charge on any atom is -0.497 e. The molecule has 0 saturated carbocycles. The molecule has 0 bridgehead atoms. The molecule has 0 atom stereocenters. The molecule has 0 spiro atoms. The number of ether oxygens (including phenoxy) is 14. The number of nitrogens with one attached hydrogen (secondary N) is 2. The first-order valence-corrected chi connectivity index (χ1v) is 36.4. The minimum atomic E-state index is -0.818. The molecule has 12 aromatic rings. The molecule has 26 nitrogen and oxygen atoms in total. The van der Waals surface area contributed by atoms with Gasteiger partial charge in [0.05, 0.1) is 93.4 Å². The minimum absolute atomic E-state index is 0.159. The van der Waals surface area contributed by atoms with E-state index in [4.69, 9.17) is 47.4 Å². The number of esters is 6. The molecule has 0 aromatic heterocycles. The predicted octanol–water partition coefficient (Wildman–Crippen LogP) is 17.9. The molecule has 0 saturated heterocycles. The van der Waals surface area contributed by atoms with Gasteiger partial charge in [0.1, 0.15) is 46.0 Å². The van der Waals surface area contributed by atoms with E-state index in [1.54, 1.807) is 127 Å². The van der Waals surface area contributed by atoms with E-state index in [1.165, 1.54) is 138 Å². The molecule has 0 aliphatic carbocycles. The van der Waals surface area contributed by atoms with Crippen LogP contribution in [0.4, 0.5) is 9.59 Å². The van der Waals surface area contributed by atoms with Gasteiger partial charge >= 0.3 is 48.1 Å². The highest BCUT2D eigenvalue weighted by Crippen LogP contribution is 2.33. The summed E-state index contributed by atoms with van der Waals surface area (Å²) in [6, 6.07) is 75.5. The Morgan fingerprint density at radius 2 is 0.500 bits per heavy atom. The highest BCUT2D eigenvalue weighted by molar-refractivity contribution is 6.12. The van der Waals surface area contributed by atoms with Crippen molar-refractivity contribution in [2.75, 3.05) is 85.2 Å². The summed E-state index contributed by atoms with van der Waals surface area (Å²) in [5, 5.41) is 11.3. The monoisotopic (exact) mass is 1640 g/mol. The summed E-state index contributed by atoms with van der Waals surface area (Å²) in [6.07, 6.45) is -1.64. The maximum absolute atomic E-state index is 11.6. The Labute approximate surface area is 697 Å². The Morgan fingerprint density at radius 3 is 0.750 bits per heavy atom. The highest BCUT2D eigenvalue weighted by atomic mass is 16.7. The van der Waals surface area contributed by atoms with Gasteiger partial charge in [0.25, 0.3) is 11.8 Å². The van der Waals surface area contributed by atoms with E-state index < -0.39 is 36.2 Å². The molecule has 12 aromatic carbocycles. The average Bonchev–Trinajstić information content (AvgIpc) is 0.789. The number of methoxy groups -OCH3 is 10. The molecule has 0 aliphatic heterocycles. The van der Waals surface area contributed by atoms with Gasteiger partial charge in [-0.2, -0.15) is 0 Å². The average molecular weight is 1640 g/mol. The quantitative estimate of drug-likeness (QED) is 0.0442. The zero-order chi connectivity index (χ0) is 88.6. The third kappa shape index (κ3) is 32.7. The second kappa shape index (κ2) is 52.4. The molecule has 0 radical (unpaired) electrons. The van der Waals surface area contributed by atoms with Crippen LogP contribution in [0, 0.1) is 27.7 Å². The van der Waals surface area contributed by atoms with E-state index in [1.807, 2.05) is 60.7 Å². The van der Waals surface area contributed by atoms with E-state index in [2.05, 4.69) is 118 Å². The molecule has 0 heterocycles. The number of hydrogen-bond acceptors (Lipinski definition) is 24. The van der Waals surface area contributed by atoms with E-state index >= 15 is 0 Å². The van der Waals surface area contributed by atoms with Crippen molar-refractivity contribution in [3.05, 3.63) is 310 Å². The lowest BCUT2D eigenvalue weighted by Crippen LogP contribution is -2.19. The summed E-state index contributed by atoms with van der Waals surface area (Å²) in [6.45, 7) is 11.1. The number of aryl methyl sites for hydroxylation is 4. The van der Waals surface area contributed by atoms with Gasteiger partial charge in [-0.25, -0.2) is 28.8 Å². The fraction of sp³-hybridized carbons (Fsp3) is 0.191. The van der Waals surface area contributed by atoms with Crippen molar-refractivity contribution in [1.29, 1.82) is 0 Å². The molecular formula is C94H98N2O24. The van der Waals surface area contributed by atoms with Crippen LogP contribution in [0.1, 0.15) is 98.2 Å². The molecule has 0 fully saturated rings. The van der Waals surface area contributed by atoms with Crippen LogP contribution >= 0.6 is 0 Å². The standard InChI is InChI=1S/C14H12O4.C12H12O2.C12H12.C10H12N2O2.C10H10O6.2C10H10O4.C8H10O2.C8H10/c1-17-13(15)11-7-8-12(14(16)18-2)10-6-4-3-5-9(10)11;1-13-11-7-8-12(14-2)10-6-4-3-5-9(10)11;1-9-7-8-10(2)12-6-4-3-5-11(9)12;1-11-9(13)7-3-5-8(6-4-7)10(14)12-2;1-13-9(11)15-7-3-5-8(6-4-7)16-10(12)14-2;1-13-9(11)7-3-5-8(6-4-7)10(12)14-2;1-7(11)13-9-3-5-10(6-4-9)14-8(2)12;1-9-7-3-5-8(10-2)6-4-7;1-7-3-5-8(2)6-4-7/h3-8H,1-2H3;3-8H,1-2H3;3-8H,1-2H3;3-6H,1-2H3,(H,11,13)(H,12,14);3-6H,1-2H3;2*3-6H,1-2H3;3-6H,1-2H3;3-6H,1-2H3. The number of benzene rings is 12. The largest absolute Gasteiger partial charge is 0.513 e. The van der Waals surface area contributed by atoms with Crippen molar-refractivity contribution in [3.8, 4) is 46.0 Å². The van der Waals surface area contributed by atoms with Crippen LogP contribution in [-0.4, -0.2) is 145 Å². The van der Waals surface area contributed by atoms with E-state index in [0.717, 1.165) is 33.8 Å². The maximum atomic E-state index is 11.6. The zero-order valence-corrected chi connectivity index (χ0v) is 70.0. The Kier molecular flexibility index (Phi) is 42.5. The molecule has 120 heavy (non-hydrogen) atoms. The first-order chi connectivity index (χ1) is 57.6. The zero-order valence-electron chi connectivity index (χ0n) is 70.0. The molecule has 0 unspecified atom stereocenters. The lowest BCUT2D eigenvalue weighted by molar-refractivity contribution is -0.133. The topological polar surface area (TPSA) is 324 Å². The second-order valence-corrected chi connectivity index (χ2v) is 24.5. The Bertz CT molecular complexity index is 4910. The predicted molar refractivity (Wildman–Crippen MR) is 456 cm³/mol. The third-order valence-electron chi connectivity index (χ3n) is 16.4. The molecule has 12 rings (SSSR count). The van der Waals surface area contributed by atoms with Crippen LogP contribution < -0.4 is 48.5 Å². The number of rotatable bonds is 14. The van der Waals surface area contributed by atoms with Gasteiger partial charge in [0.2, 0.25) is 0 Å². The van der Waals surface area contributed by atoms with Crippen LogP contribution in [0.5, 0.6) is 46.0 Å². The Hall–Kier alpha value is -15.1. The van der Waals surface area contributed by atoms with Crippen LogP contribution in [0.2, 0.25) is 0 Å². The van der Waals surface area contributed by atoms with E-state index in [9.17, 15) is 47.9 Å². The highest BCUT2D eigenvalue weighted by Gasteiger charge is 2.17. The van der Waals surface area contributed by atoms with Crippen molar-refractivity contribution in [3.63, 3.8) is 0 Å². The molecular weight excluding hydrogens is 1540 g/mol. The fourth-order valence-electron chi connectivity index (χ4n) is 10.2. The number of amides is 2. The van der Waals surface area contributed by atoms with Crippen LogP contribution in [0.15, 0.2) is 255 Å².